The van der Waals surface area contributed by atoms with Crippen LogP contribution in [0.1, 0.15) is 0 Å². The largest absolute Gasteiger partial charge is 0.274 e. The van der Waals surface area contributed by atoms with Gasteiger partial charge in [0, 0.05) is 20.8 Å². The molecule has 0 spiro atoms. The standard InChI is InChI=1S/C7H5BrOS/c8-7(9)10-6-4-2-1-3-5-6/h1-5H. The first kappa shape index (κ1) is 7.82. The second-order valence-electron chi connectivity index (χ2n) is 1.65. The van der Waals surface area contributed by atoms with E-state index in [-0.39, 0.29) is 4.02 Å². The molecule has 1 nitrogen and oxygen atoms in total. The SMILES string of the molecule is O=C(Br)Sc1ccccc1. The maximum atomic E-state index is 10.5. The molecular formula is C7H5BrOS. The maximum Gasteiger partial charge on any atom is 0.259 e. The van der Waals surface area contributed by atoms with Gasteiger partial charge in [0.15, 0.2) is 0 Å². The number of hydrogen-bond donors (Lipinski definition) is 0. The summed E-state index contributed by atoms with van der Waals surface area (Å²) in [7, 11) is 0. The van der Waals surface area contributed by atoms with Crippen molar-refractivity contribution in [3.05, 3.63) is 30.3 Å². The third kappa shape index (κ3) is 2.54. The first-order valence-corrected chi connectivity index (χ1v) is 4.32. The van der Waals surface area contributed by atoms with Crippen molar-refractivity contribution in [2.75, 3.05) is 0 Å². The van der Waals surface area contributed by atoms with Crippen molar-refractivity contribution < 1.29 is 4.79 Å². The van der Waals surface area contributed by atoms with Crippen LogP contribution in [0.25, 0.3) is 0 Å². The quantitative estimate of drug-likeness (QED) is 0.530. The predicted octanol–water partition coefficient (Wildman–Crippen LogP) is 3.29. The van der Waals surface area contributed by atoms with Gasteiger partial charge in [-0.1, -0.05) is 18.2 Å². The van der Waals surface area contributed by atoms with Gasteiger partial charge in [0.1, 0.15) is 0 Å². The molecule has 10 heavy (non-hydrogen) atoms. The van der Waals surface area contributed by atoms with Crippen LogP contribution in [-0.4, -0.2) is 4.02 Å². The number of benzene rings is 1. The summed E-state index contributed by atoms with van der Waals surface area (Å²) >= 11 is 4.01. The zero-order valence-electron chi connectivity index (χ0n) is 5.08. The number of hydrogen-bond acceptors (Lipinski definition) is 2. The molecule has 0 amide bonds. The molecule has 0 radical (unpaired) electrons. The van der Waals surface area contributed by atoms with Gasteiger partial charge >= 0.3 is 0 Å². The minimum atomic E-state index is -0.0568. The molecule has 0 aliphatic carbocycles. The summed E-state index contributed by atoms with van der Waals surface area (Å²) in [6.45, 7) is 0. The highest BCUT2D eigenvalue weighted by atomic mass is 79.9. The molecule has 0 fully saturated rings. The van der Waals surface area contributed by atoms with E-state index in [1.165, 1.54) is 11.8 Å². The van der Waals surface area contributed by atoms with Crippen molar-refractivity contribution >= 4 is 31.7 Å². The van der Waals surface area contributed by atoms with Gasteiger partial charge in [-0.2, -0.15) is 0 Å². The molecule has 3 heteroatoms. The molecule has 1 rings (SSSR count). The van der Waals surface area contributed by atoms with E-state index < -0.39 is 0 Å². The Morgan fingerprint density at radius 1 is 1.30 bits per heavy atom. The van der Waals surface area contributed by atoms with E-state index in [0.717, 1.165) is 4.90 Å². The number of rotatable bonds is 1. The number of carbonyl (C=O) groups excluding carboxylic acids is 1. The first-order valence-electron chi connectivity index (χ1n) is 2.71. The molecule has 0 aromatic heterocycles. The predicted molar refractivity (Wildman–Crippen MR) is 46.6 cm³/mol. The minimum absolute atomic E-state index is 0.0568. The van der Waals surface area contributed by atoms with Crippen LogP contribution in [0.15, 0.2) is 35.2 Å². The summed E-state index contributed by atoms with van der Waals surface area (Å²) in [5, 5.41) is 0. The van der Waals surface area contributed by atoms with E-state index in [1.54, 1.807) is 0 Å². The molecule has 0 aliphatic rings. The van der Waals surface area contributed by atoms with E-state index in [4.69, 9.17) is 0 Å². The Hall–Kier alpha value is -0.280. The second kappa shape index (κ2) is 3.78. The molecule has 0 saturated heterocycles. The van der Waals surface area contributed by atoms with Crippen molar-refractivity contribution in [3.63, 3.8) is 0 Å². The Kier molecular flexibility index (Phi) is 2.96. The van der Waals surface area contributed by atoms with Crippen LogP contribution < -0.4 is 0 Å². The van der Waals surface area contributed by atoms with Gasteiger partial charge in [-0.05, 0) is 23.9 Å². The van der Waals surface area contributed by atoms with Crippen LogP contribution in [-0.2, 0) is 0 Å². The first-order chi connectivity index (χ1) is 4.79. The van der Waals surface area contributed by atoms with Crippen LogP contribution >= 0.6 is 27.7 Å². The molecule has 1 aromatic carbocycles. The zero-order chi connectivity index (χ0) is 7.40. The Morgan fingerprint density at radius 2 is 1.90 bits per heavy atom. The number of carbonyl (C=O) groups is 1. The van der Waals surface area contributed by atoms with Gasteiger partial charge in [-0.3, -0.25) is 4.79 Å². The molecule has 1 aromatic rings. The fourth-order valence-corrected chi connectivity index (χ4v) is 1.62. The third-order valence-corrected chi connectivity index (χ3v) is 2.10. The molecule has 52 valence electrons. The molecule has 0 saturated carbocycles. The summed E-state index contributed by atoms with van der Waals surface area (Å²) in [4.78, 5) is 11.5. The van der Waals surface area contributed by atoms with Crippen molar-refractivity contribution in [2.24, 2.45) is 0 Å². The minimum Gasteiger partial charge on any atom is -0.274 e. The van der Waals surface area contributed by atoms with Crippen molar-refractivity contribution in [2.45, 2.75) is 4.90 Å². The molecule has 0 atom stereocenters. The molecule has 0 aliphatic heterocycles. The molecule has 0 N–H and O–H groups in total. The van der Waals surface area contributed by atoms with Gasteiger partial charge in [-0.15, -0.1) is 0 Å². The Morgan fingerprint density at radius 3 is 2.40 bits per heavy atom. The fourth-order valence-electron chi connectivity index (χ4n) is 0.581. The summed E-state index contributed by atoms with van der Waals surface area (Å²) < 4.78 is -0.0568. The highest BCUT2D eigenvalue weighted by molar-refractivity contribution is 9.22. The van der Waals surface area contributed by atoms with Gasteiger partial charge in [0.2, 0.25) is 0 Å². The van der Waals surface area contributed by atoms with Gasteiger partial charge in [0.05, 0.1) is 0 Å². The second-order valence-corrected chi connectivity index (χ2v) is 3.94. The summed E-state index contributed by atoms with van der Waals surface area (Å²) in [6, 6.07) is 9.51. The smallest absolute Gasteiger partial charge is 0.259 e. The molecular weight excluding hydrogens is 212 g/mol. The van der Waals surface area contributed by atoms with Crippen molar-refractivity contribution in [1.82, 2.24) is 0 Å². The van der Waals surface area contributed by atoms with E-state index in [9.17, 15) is 4.79 Å². The summed E-state index contributed by atoms with van der Waals surface area (Å²) in [5.41, 5.74) is 0. The van der Waals surface area contributed by atoms with Crippen molar-refractivity contribution in [1.29, 1.82) is 0 Å². The lowest BCUT2D eigenvalue weighted by atomic mass is 10.4. The monoisotopic (exact) mass is 216 g/mol. The lowest BCUT2D eigenvalue weighted by Gasteiger charge is -1.91. The maximum absolute atomic E-state index is 10.5. The van der Waals surface area contributed by atoms with Crippen LogP contribution in [0.4, 0.5) is 4.79 Å². The summed E-state index contributed by atoms with van der Waals surface area (Å²) in [5.74, 6) is 0. The Balaban J connectivity index is 2.67. The Bertz CT molecular complexity index is 222. The normalized spacial score (nSPS) is 9.30. The van der Waals surface area contributed by atoms with Gasteiger partial charge < -0.3 is 0 Å². The van der Waals surface area contributed by atoms with E-state index in [0.29, 0.717) is 0 Å². The van der Waals surface area contributed by atoms with Crippen LogP contribution in [0.3, 0.4) is 0 Å². The highest BCUT2D eigenvalue weighted by Gasteiger charge is 1.96. The average Bonchev–Trinajstić information content (AvgIpc) is 1.88. The fraction of sp³-hybridized carbons (Fsp3) is 0. The zero-order valence-corrected chi connectivity index (χ0v) is 7.48. The number of thioether (sulfide) groups is 1. The molecule has 0 unspecified atom stereocenters. The van der Waals surface area contributed by atoms with Crippen LogP contribution in [0.5, 0.6) is 0 Å². The molecule has 0 heterocycles. The van der Waals surface area contributed by atoms with E-state index >= 15 is 0 Å². The van der Waals surface area contributed by atoms with Gasteiger partial charge in [-0.25, -0.2) is 0 Å². The van der Waals surface area contributed by atoms with E-state index in [2.05, 4.69) is 15.9 Å². The topological polar surface area (TPSA) is 17.1 Å². The summed E-state index contributed by atoms with van der Waals surface area (Å²) in [6.07, 6.45) is 0. The van der Waals surface area contributed by atoms with E-state index in [1.807, 2.05) is 30.3 Å². The average molecular weight is 217 g/mol. The Labute approximate surface area is 71.9 Å². The van der Waals surface area contributed by atoms with Crippen LogP contribution in [0.2, 0.25) is 0 Å². The lowest BCUT2D eigenvalue weighted by molar-refractivity contribution is 0.277. The van der Waals surface area contributed by atoms with Crippen molar-refractivity contribution in [3.8, 4) is 0 Å². The molecule has 0 bridgehead atoms. The number of halogens is 1. The lowest BCUT2D eigenvalue weighted by Crippen LogP contribution is -1.71. The van der Waals surface area contributed by atoms with Crippen LogP contribution in [0, 0.1) is 0 Å². The highest BCUT2D eigenvalue weighted by Crippen LogP contribution is 2.21. The van der Waals surface area contributed by atoms with Gasteiger partial charge in [0.25, 0.3) is 4.02 Å². The third-order valence-electron chi connectivity index (χ3n) is 0.941.